The summed E-state index contributed by atoms with van der Waals surface area (Å²) < 4.78 is 1.42. The molecule has 0 saturated carbocycles. The third-order valence-corrected chi connectivity index (χ3v) is 2.17. The second-order valence-corrected chi connectivity index (χ2v) is 2.84. The SMILES string of the molecule is CC(=O)N(Br)c1ccccc1. The van der Waals surface area contributed by atoms with E-state index in [0.29, 0.717) is 0 Å². The van der Waals surface area contributed by atoms with Gasteiger partial charge < -0.3 is 0 Å². The van der Waals surface area contributed by atoms with Crippen molar-refractivity contribution in [3.05, 3.63) is 30.3 Å². The van der Waals surface area contributed by atoms with Gasteiger partial charge in [0.25, 0.3) is 0 Å². The van der Waals surface area contributed by atoms with Crippen LogP contribution in [0.15, 0.2) is 30.3 Å². The van der Waals surface area contributed by atoms with E-state index in [1.54, 1.807) is 0 Å². The standard InChI is InChI=1S/C8H8BrNO/c1-7(11)10(9)8-5-3-2-4-6-8/h2-6H,1H3. The molecule has 11 heavy (non-hydrogen) atoms. The first kappa shape index (κ1) is 8.27. The summed E-state index contributed by atoms with van der Waals surface area (Å²) in [4.78, 5) is 10.8. The van der Waals surface area contributed by atoms with Crippen molar-refractivity contribution in [2.45, 2.75) is 6.92 Å². The molecule has 0 aliphatic carbocycles. The van der Waals surface area contributed by atoms with Crippen molar-refractivity contribution in [3.63, 3.8) is 0 Å². The summed E-state index contributed by atoms with van der Waals surface area (Å²) in [6.45, 7) is 1.50. The highest BCUT2D eigenvalue weighted by atomic mass is 79.9. The van der Waals surface area contributed by atoms with Crippen LogP contribution in [0.1, 0.15) is 6.92 Å². The van der Waals surface area contributed by atoms with Gasteiger partial charge >= 0.3 is 0 Å². The topological polar surface area (TPSA) is 20.3 Å². The highest BCUT2D eigenvalue weighted by molar-refractivity contribution is 9.10. The van der Waals surface area contributed by atoms with Crippen LogP contribution in [0.5, 0.6) is 0 Å². The lowest BCUT2D eigenvalue weighted by molar-refractivity contribution is -0.115. The van der Waals surface area contributed by atoms with Gasteiger partial charge in [0.2, 0.25) is 5.91 Å². The maximum Gasteiger partial charge on any atom is 0.233 e. The number of halogens is 1. The molecule has 0 aliphatic rings. The molecule has 0 saturated heterocycles. The summed E-state index contributed by atoms with van der Waals surface area (Å²) in [5, 5.41) is 0. The number of nitrogens with zero attached hydrogens (tertiary/aromatic N) is 1. The first-order valence-corrected chi connectivity index (χ1v) is 3.94. The van der Waals surface area contributed by atoms with Gasteiger partial charge in [-0.3, -0.25) is 4.79 Å². The third-order valence-electron chi connectivity index (χ3n) is 1.26. The highest BCUT2D eigenvalue weighted by Crippen LogP contribution is 2.16. The average Bonchev–Trinajstić information content (AvgIpc) is 2.05. The Balaban J connectivity index is 2.85. The number of anilines is 1. The minimum absolute atomic E-state index is 0.0313. The Morgan fingerprint density at radius 2 is 1.91 bits per heavy atom. The Hall–Kier alpha value is -0.830. The molecule has 2 nitrogen and oxygen atoms in total. The van der Waals surface area contributed by atoms with E-state index in [0.717, 1.165) is 5.69 Å². The smallest absolute Gasteiger partial charge is 0.233 e. The van der Waals surface area contributed by atoms with Crippen molar-refractivity contribution in [1.82, 2.24) is 0 Å². The van der Waals surface area contributed by atoms with E-state index in [-0.39, 0.29) is 5.91 Å². The summed E-state index contributed by atoms with van der Waals surface area (Å²) in [7, 11) is 0. The predicted octanol–water partition coefficient (Wildman–Crippen LogP) is 2.35. The molecular weight excluding hydrogens is 206 g/mol. The van der Waals surface area contributed by atoms with Crippen LogP contribution in [0, 0.1) is 0 Å². The average molecular weight is 214 g/mol. The molecule has 1 aromatic carbocycles. The molecule has 0 N–H and O–H groups in total. The van der Waals surface area contributed by atoms with Crippen LogP contribution >= 0.6 is 16.1 Å². The van der Waals surface area contributed by atoms with Crippen LogP contribution in [0.25, 0.3) is 0 Å². The molecule has 0 unspecified atom stereocenters. The molecule has 3 heteroatoms. The van der Waals surface area contributed by atoms with Gasteiger partial charge in [0, 0.05) is 6.92 Å². The quantitative estimate of drug-likeness (QED) is 0.657. The van der Waals surface area contributed by atoms with Gasteiger partial charge in [-0.25, -0.2) is 3.93 Å². The second-order valence-electron chi connectivity index (χ2n) is 2.14. The number of carbonyl (C=O) groups excluding carboxylic acids is 1. The predicted molar refractivity (Wildman–Crippen MR) is 48.5 cm³/mol. The van der Waals surface area contributed by atoms with Gasteiger partial charge in [0.15, 0.2) is 0 Å². The number of benzene rings is 1. The molecule has 1 rings (SSSR count). The minimum Gasteiger partial charge on any atom is -0.274 e. The fourth-order valence-corrected chi connectivity index (χ4v) is 0.977. The van der Waals surface area contributed by atoms with Gasteiger partial charge in [-0.1, -0.05) is 18.2 Å². The van der Waals surface area contributed by atoms with Crippen molar-refractivity contribution in [2.75, 3.05) is 3.93 Å². The third kappa shape index (κ3) is 2.05. The first-order chi connectivity index (χ1) is 5.22. The molecule has 0 atom stereocenters. The molecule has 1 aromatic rings. The molecule has 0 aliphatic heterocycles. The maximum absolute atomic E-state index is 10.8. The fraction of sp³-hybridized carbons (Fsp3) is 0.125. The second kappa shape index (κ2) is 3.53. The lowest BCUT2D eigenvalue weighted by atomic mass is 10.3. The molecular formula is C8H8BrNO. The van der Waals surface area contributed by atoms with Gasteiger partial charge in [-0.2, -0.15) is 0 Å². The lowest BCUT2D eigenvalue weighted by Gasteiger charge is -2.10. The number of hydrogen-bond acceptors (Lipinski definition) is 1. The zero-order chi connectivity index (χ0) is 8.27. The lowest BCUT2D eigenvalue weighted by Crippen LogP contribution is -2.15. The molecule has 0 aromatic heterocycles. The maximum atomic E-state index is 10.8. The Kier molecular flexibility index (Phi) is 2.65. The molecule has 58 valence electrons. The number of rotatable bonds is 1. The van der Waals surface area contributed by atoms with Gasteiger partial charge in [0.1, 0.15) is 0 Å². The van der Waals surface area contributed by atoms with E-state index >= 15 is 0 Å². The van der Waals surface area contributed by atoms with E-state index in [2.05, 4.69) is 16.1 Å². The molecule has 0 bridgehead atoms. The summed E-state index contributed by atoms with van der Waals surface area (Å²) >= 11 is 3.13. The zero-order valence-corrected chi connectivity index (χ0v) is 7.71. The van der Waals surface area contributed by atoms with Crippen LogP contribution < -0.4 is 3.93 Å². The van der Waals surface area contributed by atoms with E-state index in [9.17, 15) is 4.79 Å². The monoisotopic (exact) mass is 213 g/mol. The van der Waals surface area contributed by atoms with Crippen molar-refractivity contribution in [1.29, 1.82) is 0 Å². The molecule has 0 heterocycles. The van der Waals surface area contributed by atoms with Gasteiger partial charge in [-0.05, 0) is 12.1 Å². The summed E-state index contributed by atoms with van der Waals surface area (Å²) in [5.41, 5.74) is 0.847. The van der Waals surface area contributed by atoms with Gasteiger partial charge in [-0.15, -0.1) is 0 Å². The summed E-state index contributed by atoms with van der Waals surface area (Å²) in [6, 6.07) is 9.38. The number of carbonyl (C=O) groups is 1. The van der Waals surface area contributed by atoms with Crippen molar-refractivity contribution >= 4 is 27.7 Å². The Bertz CT molecular complexity index is 248. The molecule has 0 radical (unpaired) electrons. The zero-order valence-electron chi connectivity index (χ0n) is 6.12. The van der Waals surface area contributed by atoms with E-state index in [1.807, 2.05) is 30.3 Å². The van der Waals surface area contributed by atoms with Crippen LogP contribution in [-0.2, 0) is 4.79 Å². The molecule has 0 fully saturated rings. The van der Waals surface area contributed by atoms with Crippen LogP contribution in [-0.4, -0.2) is 5.91 Å². The van der Waals surface area contributed by atoms with Crippen molar-refractivity contribution < 1.29 is 4.79 Å². The summed E-state index contributed by atoms with van der Waals surface area (Å²) in [6.07, 6.45) is 0. The number of hydrogen-bond donors (Lipinski definition) is 0. The minimum atomic E-state index is -0.0313. The normalized spacial score (nSPS) is 9.27. The van der Waals surface area contributed by atoms with Crippen LogP contribution in [0.3, 0.4) is 0 Å². The number of para-hydroxylation sites is 1. The summed E-state index contributed by atoms with van der Waals surface area (Å²) in [5.74, 6) is -0.0313. The van der Waals surface area contributed by atoms with E-state index in [1.165, 1.54) is 10.8 Å². The Morgan fingerprint density at radius 1 is 1.36 bits per heavy atom. The van der Waals surface area contributed by atoms with Crippen molar-refractivity contribution in [2.24, 2.45) is 0 Å². The van der Waals surface area contributed by atoms with Gasteiger partial charge in [0.05, 0.1) is 21.8 Å². The van der Waals surface area contributed by atoms with Crippen LogP contribution in [0.2, 0.25) is 0 Å². The van der Waals surface area contributed by atoms with E-state index in [4.69, 9.17) is 0 Å². The largest absolute Gasteiger partial charge is 0.274 e. The fourth-order valence-electron chi connectivity index (χ4n) is 0.741. The first-order valence-electron chi connectivity index (χ1n) is 3.23. The molecule has 0 spiro atoms. The van der Waals surface area contributed by atoms with Crippen molar-refractivity contribution in [3.8, 4) is 0 Å². The van der Waals surface area contributed by atoms with E-state index < -0.39 is 0 Å². The molecule has 1 amide bonds. The van der Waals surface area contributed by atoms with Crippen LogP contribution in [0.4, 0.5) is 5.69 Å². The number of amides is 1. The Morgan fingerprint density at radius 3 is 2.36 bits per heavy atom. The Labute approximate surface area is 74.2 Å². The highest BCUT2D eigenvalue weighted by Gasteiger charge is 2.04.